The zero-order valence-electron chi connectivity index (χ0n) is 14.9. The Kier molecular flexibility index (Phi) is 5.93. The number of amides is 1. The fourth-order valence-corrected chi connectivity index (χ4v) is 3.29. The monoisotopic (exact) mass is 357 g/mol. The molecule has 138 valence electrons. The maximum absolute atomic E-state index is 12.4. The average molecular weight is 357 g/mol. The molecule has 2 aromatic heterocycles. The Hall–Kier alpha value is -2.77. The fourth-order valence-electron chi connectivity index (χ4n) is 3.29. The van der Waals surface area contributed by atoms with Crippen molar-refractivity contribution in [1.29, 1.82) is 0 Å². The summed E-state index contributed by atoms with van der Waals surface area (Å²) in [5.41, 5.74) is 1.46. The van der Waals surface area contributed by atoms with Crippen LogP contribution in [0.15, 0.2) is 31.1 Å². The second kappa shape index (κ2) is 8.55. The first-order valence-electron chi connectivity index (χ1n) is 8.78. The van der Waals surface area contributed by atoms with E-state index in [9.17, 15) is 9.59 Å². The summed E-state index contributed by atoms with van der Waals surface area (Å²) in [4.78, 5) is 33.9. The third-order valence-electron chi connectivity index (χ3n) is 4.62. The molecule has 1 atom stereocenters. The van der Waals surface area contributed by atoms with E-state index >= 15 is 0 Å². The fraction of sp³-hybridized carbons (Fsp3) is 0.500. The van der Waals surface area contributed by atoms with Crippen LogP contribution in [0.5, 0.6) is 0 Å². The largest absolute Gasteiger partial charge is 0.465 e. The topological polar surface area (TPSA) is 90.2 Å². The van der Waals surface area contributed by atoms with Crippen LogP contribution in [0.3, 0.4) is 0 Å². The number of carbonyl (C=O) groups is 2. The minimum Gasteiger partial charge on any atom is -0.465 e. The van der Waals surface area contributed by atoms with Crippen LogP contribution in [0.4, 0.5) is 0 Å². The zero-order chi connectivity index (χ0) is 18.4. The van der Waals surface area contributed by atoms with E-state index in [1.165, 1.54) is 19.6 Å². The second-order valence-electron chi connectivity index (χ2n) is 6.53. The molecule has 1 aliphatic heterocycles. The highest BCUT2D eigenvalue weighted by Gasteiger charge is 2.26. The third kappa shape index (κ3) is 4.65. The lowest BCUT2D eigenvalue weighted by Crippen LogP contribution is -2.29. The lowest BCUT2D eigenvalue weighted by atomic mass is 9.99. The highest BCUT2D eigenvalue weighted by atomic mass is 16.5. The molecule has 0 bridgehead atoms. The summed E-state index contributed by atoms with van der Waals surface area (Å²) in [6, 6.07) is 1.82. The van der Waals surface area contributed by atoms with Crippen LogP contribution in [0, 0.1) is 5.92 Å². The highest BCUT2D eigenvalue weighted by Crippen LogP contribution is 2.22. The highest BCUT2D eigenvalue weighted by molar-refractivity contribution is 5.89. The van der Waals surface area contributed by atoms with Gasteiger partial charge < -0.3 is 9.64 Å². The zero-order valence-corrected chi connectivity index (χ0v) is 14.9. The SMILES string of the molecule is COC(=O)c1cncc(CC2CCN(C(=O)CCCn3cncn3)C2)c1. The van der Waals surface area contributed by atoms with Crippen LogP contribution in [-0.4, -0.2) is 56.7 Å². The van der Waals surface area contributed by atoms with Crippen LogP contribution in [0.1, 0.15) is 35.2 Å². The molecule has 1 amide bonds. The lowest BCUT2D eigenvalue weighted by molar-refractivity contribution is -0.130. The van der Waals surface area contributed by atoms with Gasteiger partial charge in [0.15, 0.2) is 0 Å². The molecular formula is C18H23N5O3. The first-order chi connectivity index (χ1) is 12.7. The molecule has 1 saturated heterocycles. The Labute approximate surface area is 152 Å². The van der Waals surface area contributed by atoms with Crippen LogP contribution in [-0.2, 0) is 22.5 Å². The predicted octanol–water partition coefficient (Wildman–Crippen LogP) is 1.33. The van der Waals surface area contributed by atoms with Gasteiger partial charge in [-0.3, -0.25) is 14.5 Å². The van der Waals surface area contributed by atoms with E-state index in [2.05, 4.69) is 15.1 Å². The van der Waals surface area contributed by atoms with Gasteiger partial charge in [0.1, 0.15) is 12.7 Å². The number of carbonyl (C=O) groups excluding carboxylic acids is 2. The molecule has 0 saturated carbocycles. The minimum absolute atomic E-state index is 0.189. The van der Waals surface area contributed by atoms with Gasteiger partial charge in [0.2, 0.25) is 5.91 Å². The van der Waals surface area contributed by atoms with Crippen molar-refractivity contribution in [2.45, 2.75) is 32.2 Å². The first kappa shape index (κ1) is 18.0. The normalized spacial score (nSPS) is 16.7. The van der Waals surface area contributed by atoms with E-state index in [-0.39, 0.29) is 11.9 Å². The number of likely N-dealkylation sites (tertiary alicyclic amines) is 1. The average Bonchev–Trinajstić information content (AvgIpc) is 3.33. The molecule has 0 radical (unpaired) electrons. The summed E-state index contributed by atoms with van der Waals surface area (Å²) in [5, 5.41) is 4.04. The number of rotatable bonds is 7. The Balaban J connectivity index is 1.46. The number of ether oxygens (including phenoxy) is 1. The van der Waals surface area contributed by atoms with Crippen molar-refractivity contribution in [3.05, 3.63) is 42.2 Å². The molecule has 1 unspecified atom stereocenters. The molecule has 0 N–H and O–H groups in total. The number of hydrogen-bond donors (Lipinski definition) is 0. The Morgan fingerprint density at radius 1 is 1.31 bits per heavy atom. The molecule has 2 aromatic rings. The van der Waals surface area contributed by atoms with E-state index in [0.29, 0.717) is 24.4 Å². The summed E-state index contributed by atoms with van der Waals surface area (Å²) >= 11 is 0. The summed E-state index contributed by atoms with van der Waals surface area (Å²) < 4.78 is 6.47. The van der Waals surface area contributed by atoms with E-state index in [4.69, 9.17) is 4.74 Å². The molecular weight excluding hydrogens is 334 g/mol. The molecule has 0 spiro atoms. The molecule has 3 heterocycles. The van der Waals surface area contributed by atoms with Crippen molar-refractivity contribution in [2.75, 3.05) is 20.2 Å². The van der Waals surface area contributed by atoms with E-state index in [0.717, 1.165) is 37.9 Å². The molecule has 26 heavy (non-hydrogen) atoms. The number of aryl methyl sites for hydroxylation is 1. The van der Waals surface area contributed by atoms with Crippen LogP contribution in [0.25, 0.3) is 0 Å². The van der Waals surface area contributed by atoms with Gasteiger partial charge in [-0.15, -0.1) is 0 Å². The van der Waals surface area contributed by atoms with Crippen molar-refractivity contribution >= 4 is 11.9 Å². The number of esters is 1. The Bertz CT molecular complexity index is 747. The molecule has 3 rings (SSSR count). The minimum atomic E-state index is -0.380. The van der Waals surface area contributed by atoms with Crippen molar-refractivity contribution < 1.29 is 14.3 Å². The number of nitrogens with zero attached hydrogens (tertiary/aromatic N) is 5. The summed E-state index contributed by atoms with van der Waals surface area (Å²) in [6.07, 6.45) is 9.49. The summed E-state index contributed by atoms with van der Waals surface area (Å²) in [6.45, 7) is 2.25. The van der Waals surface area contributed by atoms with E-state index in [1.54, 1.807) is 17.2 Å². The first-order valence-corrected chi connectivity index (χ1v) is 8.78. The number of methoxy groups -OCH3 is 1. The smallest absolute Gasteiger partial charge is 0.339 e. The maximum Gasteiger partial charge on any atom is 0.339 e. The third-order valence-corrected chi connectivity index (χ3v) is 4.62. The van der Waals surface area contributed by atoms with E-state index in [1.807, 2.05) is 11.0 Å². The number of pyridine rings is 1. The van der Waals surface area contributed by atoms with Gasteiger partial charge in [0.25, 0.3) is 0 Å². The van der Waals surface area contributed by atoms with Gasteiger partial charge in [-0.05, 0) is 36.8 Å². The van der Waals surface area contributed by atoms with Gasteiger partial charge >= 0.3 is 5.97 Å². The van der Waals surface area contributed by atoms with Crippen molar-refractivity contribution in [2.24, 2.45) is 5.92 Å². The quantitative estimate of drug-likeness (QED) is 0.695. The Morgan fingerprint density at radius 2 is 2.19 bits per heavy atom. The van der Waals surface area contributed by atoms with Crippen LogP contribution >= 0.6 is 0 Å². The van der Waals surface area contributed by atoms with Gasteiger partial charge in [0.05, 0.1) is 12.7 Å². The standard InChI is InChI=1S/C18H23N5O3/c1-26-18(25)16-8-15(9-19-10-16)7-14-4-6-22(11-14)17(24)3-2-5-23-13-20-12-21-23/h8-10,12-14H,2-7,11H2,1H3. The van der Waals surface area contributed by atoms with Crippen LogP contribution < -0.4 is 0 Å². The number of aromatic nitrogens is 4. The second-order valence-corrected chi connectivity index (χ2v) is 6.53. The van der Waals surface area contributed by atoms with E-state index < -0.39 is 0 Å². The molecule has 1 fully saturated rings. The maximum atomic E-state index is 12.4. The van der Waals surface area contributed by atoms with Crippen molar-refractivity contribution in [3.63, 3.8) is 0 Å². The lowest BCUT2D eigenvalue weighted by Gasteiger charge is -2.16. The molecule has 1 aliphatic rings. The summed E-state index contributed by atoms with van der Waals surface area (Å²) in [7, 11) is 1.36. The molecule has 0 aliphatic carbocycles. The van der Waals surface area contributed by atoms with Gasteiger partial charge in [-0.2, -0.15) is 5.10 Å². The predicted molar refractivity (Wildman–Crippen MR) is 93.2 cm³/mol. The van der Waals surface area contributed by atoms with Gasteiger partial charge in [0, 0.05) is 38.4 Å². The summed E-state index contributed by atoms with van der Waals surface area (Å²) in [5.74, 6) is 0.202. The van der Waals surface area contributed by atoms with Crippen molar-refractivity contribution in [3.8, 4) is 0 Å². The Morgan fingerprint density at radius 3 is 2.96 bits per heavy atom. The van der Waals surface area contributed by atoms with Crippen LogP contribution in [0.2, 0.25) is 0 Å². The molecule has 8 heteroatoms. The van der Waals surface area contributed by atoms with Crippen molar-refractivity contribution in [1.82, 2.24) is 24.6 Å². The number of hydrogen-bond acceptors (Lipinski definition) is 6. The van der Waals surface area contributed by atoms with Gasteiger partial charge in [-0.25, -0.2) is 9.78 Å². The van der Waals surface area contributed by atoms with Gasteiger partial charge in [-0.1, -0.05) is 0 Å². The molecule has 8 nitrogen and oxygen atoms in total. The molecule has 0 aromatic carbocycles.